The van der Waals surface area contributed by atoms with Crippen LogP contribution in [-0.2, 0) is 4.74 Å². The molecule has 0 saturated carbocycles. The quantitative estimate of drug-likeness (QED) is 0.590. The molecule has 0 radical (unpaired) electrons. The highest BCUT2D eigenvalue weighted by Crippen LogP contribution is 2.31. The van der Waals surface area contributed by atoms with Crippen LogP contribution in [0, 0.1) is 0 Å². The van der Waals surface area contributed by atoms with Crippen molar-refractivity contribution in [1.29, 1.82) is 0 Å². The van der Waals surface area contributed by atoms with Gasteiger partial charge in [0, 0.05) is 0 Å². The number of esters is 1. The molecule has 108 valence electrons. The van der Waals surface area contributed by atoms with E-state index in [1.807, 2.05) is 30.5 Å². The lowest BCUT2D eigenvalue weighted by Crippen LogP contribution is -2.07. The minimum Gasteiger partial charge on any atom is -0.465 e. The zero-order valence-electron chi connectivity index (χ0n) is 11.4. The van der Waals surface area contributed by atoms with E-state index in [1.165, 1.54) is 34.9 Å². The lowest BCUT2D eigenvalue weighted by molar-refractivity contribution is 0.0598. The van der Waals surface area contributed by atoms with Gasteiger partial charge < -0.3 is 10.5 Å². The van der Waals surface area contributed by atoms with Crippen molar-refractivity contribution in [1.82, 2.24) is 14.8 Å². The third-order valence-electron chi connectivity index (χ3n) is 2.94. The molecule has 0 aliphatic heterocycles. The summed E-state index contributed by atoms with van der Waals surface area (Å²) in [5, 5.41) is 5.52. The van der Waals surface area contributed by atoms with Gasteiger partial charge in [0.2, 0.25) is 5.13 Å². The maximum Gasteiger partial charge on any atom is 0.344 e. The molecular weight excluding hydrogens is 308 g/mol. The second-order valence-electron chi connectivity index (χ2n) is 4.14. The summed E-state index contributed by atoms with van der Waals surface area (Å²) >= 11 is 2.80. The van der Waals surface area contributed by atoms with Crippen molar-refractivity contribution in [3.63, 3.8) is 0 Å². The van der Waals surface area contributed by atoms with Crippen molar-refractivity contribution in [2.75, 3.05) is 19.1 Å². The number of anilines is 1. The van der Waals surface area contributed by atoms with Gasteiger partial charge in [-0.2, -0.15) is 9.78 Å². The Morgan fingerprint density at radius 2 is 2.19 bits per heavy atom. The Bertz CT molecular complexity index is 792. The monoisotopic (exact) mass is 320 g/mol. The average molecular weight is 320 g/mol. The Kier molecular flexibility index (Phi) is 3.56. The molecule has 0 saturated heterocycles. The van der Waals surface area contributed by atoms with Gasteiger partial charge in [0.15, 0.2) is 0 Å². The zero-order chi connectivity index (χ0) is 15.0. The minimum atomic E-state index is -0.496. The number of hydrogen-bond donors (Lipinski definition) is 1. The van der Waals surface area contributed by atoms with Crippen molar-refractivity contribution >= 4 is 45.1 Å². The number of thioether (sulfide) groups is 1. The van der Waals surface area contributed by atoms with Crippen LogP contribution in [-0.4, -0.2) is 34.1 Å². The fourth-order valence-electron chi connectivity index (χ4n) is 1.94. The number of thiazole rings is 1. The van der Waals surface area contributed by atoms with Crippen LogP contribution in [0.5, 0.6) is 0 Å². The standard InChI is InChI=1S/C13H12N4O2S2/c1-19-12(18)9-10(14)17(16-11(9)20-2)13-15-7-5-3-4-6-8(7)21-13/h3-6H,14H2,1-2H3. The summed E-state index contributed by atoms with van der Waals surface area (Å²) in [6, 6.07) is 7.77. The van der Waals surface area contributed by atoms with Gasteiger partial charge in [0.05, 0.1) is 17.3 Å². The fourth-order valence-corrected chi connectivity index (χ4v) is 3.43. The van der Waals surface area contributed by atoms with Crippen LogP contribution in [0.15, 0.2) is 29.3 Å². The first-order valence-electron chi connectivity index (χ1n) is 6.02. The zero-order valence-corrected chi connectivity index (χ0v) is 13.0. The Balaban J connectivity index is 2.18. The second-order valence-corrected chi connectivity index (χ2v) is 5.94. The van der Waals surface area contributed by atoms with E-state index in [9.17, 15) is 4.79 Å². The highest BCUT2D eigenvalue weighted by molar-refractivity contribution is 7.98. The number of hydrogen-bond acceptors (Lipinski definition) is 7. The largest absolute Gasteiger partial charge is 0.465 e. The van der Waals surface area contributed by atoms with Crippen LogP contribution in [0.3, 0.4) is 0 Å². The van der Waals surface area contributed by atoms with Crippen molar-refractivity contribution in [2.24, 2.45) is 0 Å². The predicted molar refractivity (Wildman–Crippen MR) is 84.3 cm³/mol. The molecule has 0 unspecified atom stereocenters. The van der Waals surface area contributed by atoms with E-state index in [0.717, 1.165) is 10.2 Å². The molecule has 0 bridgehead atoms. The minimum absolute atomic E-state index is 0.241. The molecule has 2 N–H and O–H groups in total. The molecule has 1 aromatic carbocycles. The van der Waals surface area contributed by atoms with E-state index < -0.39 is 5.97 Å². The number of para-hydroxylation sites is 1. The molecular formula is C13H12N4O2S2. The molecule has 0 amide bonds. The van der Waals surface area contributed by atoms with Crippen LogP contribution in [0.2, 0.25) is 0 Å². The summed E-state index contributed by atoms with van der Waals surface area (Å²) < 4.78 is 7.29. The molecule has 0 aliphatic carbocycles. The molecule has 0 atom stereocenters. The van der Waals surface area contributed by atoms with Crippen molar-refractivity contribution in [3.05, 3.63) is 29.8 Å². The first-order valence-corrected chi connectivity index (χ1v) is 8.06. The normalized spacial score (nSPS) is 11.0. The number of ether oxygens (including phenoxy) is 1. The van der Waals surface area contributed by atoms with Gasteiger partial charge in [0.25, 0.3) is 0 Å². The van der Waals surface area contributed by atoms with Crippen LogP contribution in [0.4, 0.5) is 5.82 Å². The molecule has 2 heterocycles. The summed E-state index contributed by atoms with van der Waals surface area (Å²) in [7, 11) is 1.32. The number of methoxy groups -OCH3 is 1. The summed E-state index contributed by atoms with van der Waals surface area (Å²) in [5.74, 6) is -0.255. The van der Waals surface area contributed by atoms with E-state index in [-0.39, 0.29) is 11.4 Å². The van der Waals surface area contributed by atoms with Crippen LogP contribution < -0.4 is 5.73 Å². The third-order valence-corrected chi connectivity index (χ3v) is 4.62. The lowest BCUT2D eigenvalue weighted by Gasteiger charge is -2.00. The summed E-state index contributed by atoms with van der Waals surface area (Å²) in [6.45, 7) is 0. The number of rotatable bonds is 3. The molecule has 3 rings (SSSR count). The van der Waals surface area contributed by atoms with Crippen LogP contribution in [0.1, 0.15) is 10.4 Å². The molecule has 2 aromatic heterocycles. The Morgan fingerprint density at radius 1 is 1.43 bits per heavy atom. The molecule has 0 spiro atoms. The summed E-state index contributed by atoms with van der Waals surface area (Å²) in [6.07, 6.45) is 1.83. The number of fused-ring (bicyclic) bond motifs is 1. The fraction of sp³-hybridized carbons (Fsp3) is 0.154. The summed E-state index contributed by atoms with van der Waals surface area (Å²) in [4.78, 5) is 16.3. The number of nitrogens with two attached hydrogens (primary N) is 1. The van der Waals surface area contributed by atoms with E-state index in [1.54, 1.807) is 0 Å². The van der Waals surface area contributed by atoms with Crippen LogP contribution >= 0.6 is 23.1 Å². The van der Waals surface area contributed by atoms with Crippen molar-refractivity contribution in [2.45, 2.75) is 5.03 Å². The SMILES string of the molecule is COC(=O)c1c(SC)nn(-c2nc3ccccc3s2)c1N. The van der Waals surface area contributed by atoms with Gasteiger partial charge in [-0.25, -0.2) is 9.78 Å². The third kappa shape index (κ3) is 2.26. The van der Waals surface area contributed by atoms with E-state index in [4.69, 9.17) is 10.5 Å². The number of carbonyl (C=O) groups excluding carboxylic acids is 1. The van der Waals surface area contributed by atoms with Gasteiger partial charge in [0.1, 0.15) is 16.4 Å². The Morgan fingerprint density at radius 3 is 2.86 bits per heavy atom. The number of aromatic nitrogens is 3. The van der Waals surface area contributed by atoms with E-state index in [0.29, 0.717) is 10.2 Å². The molecule has 6 nitrogen and oxygen atoms in total. The second kappa shape index (κ2) is 5.38. The molecule has 8 heteroatoms. The highest BCUT2D eigenvalue weighted by Gasteiger charge is 2.24. The molecule has 0 aliphatic rings. The molecule has 0 fully saturated rings. The van der Waals surface area contributed by atoms with Gasteiger partial charge in [-0.15, -0.1) is 11.8 Å². The van der Waals surface area contributed by atoms with Gasteiger partial charge >= 0.3 is 5.97 Å². The molecule has 21 heavy (non-hydrogen) atoms. The predicted octanol–water partition coefficient (Wildman–Crippen LogP) is 2.57. The average Bonchev–Trinajstić information content (AvgIpc) is 3.06. The topological polar surface area (TPSA) is 83.0 Å². The van der Waals surface area contributed by atoms with Crippen LogP contribution in [0.25, 0.3) is 15.3 Å². The van der Waals surface area contributed by atoms with Gasteiger partial charge in [-0.05, 0) is 18.4 Å². The van der Waals surface area contributed by atoms with Gasteiger partial charge in [-0.3, -0.25) is 0 Å². The van der Waals surface area contributed by atoms with E-state index in [2.05, 4.69) is 10.1 Å². The number of nitrogen functional groups attached to an aromatic ring is 1. The smallest absolute Gasteiger partial charge is 0.344 e. The van der Waals surface area contributed by atoms with Crippen molar-refractivity contribution < 1.29 is 9.53 Å². The number of nitrogens with zero attached hydrogens (tertiary/aromatic N) is 3. The van der Waals surface area contributed by atoms with E-state index >= 15 is 0 Å². The maximum atomic E-state index is 11.8. The van der Waals surface area contributed by atoms with Crippen molar-refractivity contribution in [3.8, 4) is 5.13 Å². The first kappa shape index (κ1) is 13.9. The Labute approximate surface area is 128 Å². The first-order chi connectivity index (χ1) is 10.2. The lowest BCUT2D eigenvalue weighted by atomic mass is 10.3. The Hall–Kier alpha value is -2.06. The number of carbonyl (C=O) groups is 1. The highest BCUT2D eigenvalue weighted by atomic mass is 32.2. The number of benzene rings is 1. The van der Waals surface area contributed by atoms with Gasteiger partial charge in [-0.1, -0.05) is 23.5 Å². The molecule has 3 aromatic rings. The maximum absolute atomic E-state index is 11.8. The summed E-state index contributed by atoms with van der Waals surface area (Å²) in [5.41, 5.74) is 7.22.